The van der Waals surface area contributed by atoms with Gasteiger partial charge >= 0.3 is 0 Å². The predicted molar refractivity (Wildman–Crippen MR) is 9.96 cm³/mol. The second-order valence-corrected chi connectivity index (χ2v) is 0.0913. The van der Waals surface area contributed by atoms with Crippen molar-refractivity contribution < 1.29 is 4.79 Å². The van der Waals surface area contributed by atoms with Crippen LogP contribution >= 0.6 is 0 Å². The Kier molecular flexibility index (Phi) is 92.5. The molecule has 0 saturated heterocycles. The standard InChI is InChI=1S/CNO.N/c2-1-3;. The zero-order valence-electron chi connectivity index (χ0n) is 1.80. The Balaban J connectivity index is 0. The lowest BCUT2D eigenvalue weighted by atomic mass is 11.7. The monoisotopic (exact) mass is 56.0 g/mol. The summed E-state index contributed by atoms with van der Waals surface area (Å²) in [5.74, 6) is 0. The quantitative estimate of drug-likeness (QED) is 0.249. The largest absolute Gasteiger partial charge is 0.261 e. The number of carbonyl (C=O) groups excluding carboxylic acids is 1. The molecule has 20 valence electrons. The van der Waals surface area contributed by atoms with Crippen LogP contribution in [0.2, 0.25) is 0 Å². The SMILES string of the molecule is [N].[N]=C=O. The highest BCUT2D eigenvalue weighted by atomic mass is 16.1. The van der Waals surface area contributed by atoms with E-state index >= 15 is 0 Å². The van der Waals surface area contributed by atoms with Gasteiger partial charge in [-0.05, 0) is 0 Å². The maximum Gasteiger partial charge on any atom is 0.261 e. The molecule has 0 aliphatic carbocycles. The minimum Gasteiger partial charge on any atom is -0.209 e. The summed E-state index contributed by atoms with van der Waals surface area (Å²) < 4.78 is 0. The second kappa shape index (κ2) is 36.3. The topological polar surface area (TPSA) is 69.9 Å². The van der Waals surface area contributed by atoms with Gasteiger partial charge in [-0.2, -0.15) is 0 Å². The van der Waals surface area contributed by atoms with Crippen LogP contribution in [0, 0.1) is 0 Å². The van der Waals surface area contributed by atoms with Crippen LogP contribution < -0.4 is 11.6 Å². The first-order chi connectivity index (χ1) is 1.41. The van der Waals surface area contributed by atoms with Crippen LogP contribution in [0.4, 0.5) is 0 Å². The molecule has 4 radical (unpaired) electrons. The highest BCUT2D eigenvalue weighted by Gasteiger charge is 1.09. The van der Waals surface area contributed by atoms with E-state index in [-0.39, 0.29) is 6.15 Å². The van der Waals surface area contributed by atoms with Crippen molar-refractivity contribution in [1.29, 1.82) is 0 Å². The number of isocyanates is 1. The molecule has 0 amide bonds. The van der Waals surface area contributed by atoms with Crippen LogP contribution in [0.3, 0.4) is 0 Å². The van der Waals surface area contributed by atoms with E-state index in [1.54, 1.807) is 0 Å². The fourth-order valence-corrected chi connectivity index (χ4v) is 0. The fraction of sp³-hybridized carbons (Fsp3) is 0. The minimum absolute atomic E-state index is 0. The van der Waals surface area contributed by atoms with Crippen molar-refractivity contribution in [3.05, 3.63) is 0 Å². The van der Waals surface area contributed by atoms with Gasteiger partial charge in [0.25, 0.3) is 6.08 Å². The molecule has 3 nitrogen and oxygen atoms in total. The maximum atomic E-state index is 8.24. The molecule has 0 aliphatic rings. The molecular weight excluding hydrogens is 56.0 g/mol. The molecule has 0 aromatic rings. The molecule has 0 fully saturated rings. The first-order valence-corrected chi connectivity index (χ1v) is 0.428. The van der Waals surface area contributed by atoms with E-state index in [0.29, 0.717) is 6.08 Å². The zero-order valence-corrected chi connectivity index (χ0v) is 1.80. The molecule has 3 heteroatoms. The average molecular weight is 56.0 g/mol. The Hall–Kier alpha value is -0.660. The highest BCUT2D eigenvalue weighted by molar-refractivity contribution is 5.28. The van der Waals surface area contributed by atoms with Gasteiger partial charge in [-0.3, -0.25) is 0 Å². The first-order valence-electron chi connectivity index (χ1n) is 0.428. The Labute approximate surface area is 23.7 Å². The van der Waals surface area contributed by atoms with Crippen LogP contribution in [0.15, 0.2) is 0 Å². The van der Waals surface area contributed by atoms with Gasteiger partial charge in [0.1, 0.15) is 0 Å². The van der Waals surface area contributed by atoms with Crippen LogP contribution in [0.25, 0.3) is 0 Å². The highest BCUT2D eigenvalue weighted by Crippen LogP contribution is 0.727. The van der Waals surface area contributed by atoms with Crippen molar-refractivity contribution in [3.63, 3.8) is 0 Å². The van der Waals surface area contributed by atoms with E-state index in [1.807, 2.05) is 0 Å². The van der Waals surface area contributed by atoms with Gasteiger partial charge in [-0.15, -0.1) is 0 Å². The summed E-state index contributed by atoms with van der Waals surface area (Å²) in [7, 11) is 0. The summed E-state index contributed by atoms with van der Waals surface area (Å²) in [4.78, 5) is 8.24. The lowest BCUT2D eigenvalue weighted by Gasteiger charge is -0.958. The minimum atomic E-state index is 0. The molecular formula is CN2O. The van der Waals surface area contributed by atoms with E-state index < -0.39 is 0 Å². The van der Waals surface area contributed by atoms with Gasteiger partial charge in [0.15, 0.2) is 0 Å². The van der Waals surface area contributed by atoms with Gasteiger partial charge < -0.3 is 0 Å². The van der Waals surface area contributed by atoms with E-state index in [1.165, 1.54) is 0 Å². The first kappa shape index (κ1) is 10.2. The Morgan fingerprint density at radius 1 is 1.75 bits per heavy atom. The van der Waals surface area contributed by atoms with Crippen molar-refractivity contribution in [2.24, 2.45) is 0 Å². The smallest absolute Gasteiger partial charge is 0.209 e. The van der Waals surface area contributed by atoms with Crippen molar-refractivity contribution in [1.82, 2.24) is 11.6 Å². The summed E-state index contributed by atoms with van der Waals surface area (Å²) in [5, 5.41) is 6.76. The number of hydrogen-bond donors (Lipinski definition) is 0. The zero-order chi connectivity index (χ0) is 2.71. The summed E-state index contributed by atoms with van der Waals surface area (Å²) in [6.07, 6.45) is 0.500. The summed E-state index contributed by atoms with van der Waals surface area (Å²) in [6, 6.07) is 0. The third kappa shape index (κ3) is 0.356. The van der Waals surface area contributed by atoms with Crippen LogP contribution in [-0.2, 0) is 4.79 Å². The second-order valence-electron chi connectivity index (χ2n) is 0.0913. The maximum absolute atomic E-state index is 8.24. The molecule has 0 rings (SSSR count). The molecule has 0 spiro atoms. The van der Waals surface area contributed by atoms with E-state index in [2.05, 4.69) is 0 Å². The molecule has 0 aromatic heterocycles. The molecule has 0 atom stereocenters. The number of nitrogens with zero attached hydrogens (tertiary/aromatic N) is 2. The van der Waals surface area contributed by atoms with Crippen LogP contribution in [0.1, 0.15) is 0 Å². The molecule has 0 unspecified atom stereocenters. The van der Waals surface area contributed by atoms with E-state index in [0.717, 1.165) is 0 Å². The van der Waals surface area contributed by atoms with Gasteiger partial charge in [-0.1, -0.05) is 5.41 Å². The molecule has 0 saturated carbocycles. The lowest BCUT2D eigenvalue weighted by molar-refractivity contribution is 0.565. The normalized spacial score (nSPS) is 2.00. The van der Waals surface area contributed by atoms with Gasteiger partial charge in [0.2, 0.25) is 0 Å². The summed E-state index contributed by atoms with van der Waals surface area (Å²) in [6.45, 7) is 0. The fourth-order valence-electron chi connectivity index (χ4n) is 0. The summed E-state index contributed by atoms with van der Waals surface area (Å²) in [5.41, 5.74) is 0. The third-order valence-electron chi connectivity index (χ3n) is 0. The Morgan fingerprint density at radius 2 is 1.75 bits per heavy atom. The lowest BCUT2D eigenvalue weighted by Crippen LogP contribution is -1.31. The van der Waals surface area contributed by atoms with Crippen LogP contribution in [-0.4, -0.2) is 6.08 Å². The molecule has 0 bridgehead atoms. The van der Waals surface area contributed by atoms with E-state index in [4.69, 9.17) is 10.2 Å². The third-order valence-corrected chi connectivity index (χ3v) is 0. The van der Waals surface area contributed by atoms with Crippen LogP contribution in [0.5, 0.6) is 0 Å². The molecule has 0 heterocycles. The van der Waals surface area contributed by atoms with Gasteiger partial charge in [0.05, 0.1) is 0 Å². The van der Waals surface area contributed by atoms with Crippen molar-refractivity contribution in [2.45, 2.75) is 0 Å². The molecule has 0 aromatic carbocycles. The average Bonchev–Trinajstić information content (AvgIpc) is 0.918. The Morgan fingerprint density at radius 3 is 1.75 bits per heavy atom. The van der Waals surface area contributed by atoms with Gasteiger partial charge in [0, 0.05) is 6.15 Å². The Bertz CT molecular complexity index is 27.0. The predicted octanol–water partition coefficient (Wildman–Crippen LogP) is -1.36. The number of hydrogen-bond acceptors (Lipinski definition) is 1. The number of rotatable bonds is 0. The van der Waals surface area contributed by atoms with Crippen molar-refractivity contribution in [3.8, 4) is 0 Å². The summed E-state index contributed by atoms with van der Waals surface area (Å²) >= 11 is 0. The van der Waals surface area contributed by atoms with Crippen molar-refractivity contribution >= 4 is 6.08 Å². The molecule has 4 heavy (non-hydrogen) atoms. The molecule has 0 N–H and O–H groups in total. The van der Waals surface area contributed by atoms with Gasteiger partial charge in [-0.25, -0.2) is 4.79 Å². The van der Waals surface area contributed by atoms with E-state index in [9.17, 15) is 0 Å². The van der Waals surface area contributed by atoms with Crippen molar-refractivity contribution in [2.75, 3.05) is 0 Å². The molecule has 0 aliphatic heterocycles.